The molecule has 1 aliphatic heterocycles. The monoisotopic (exact) mass is 379 g/mol. The van der Waals surface area contributed by atoms with Gasteiger partial charge in [0.15, 0.2) is 0 Å². The van der Waals surface area contributed by atoms with Crippen LogP contribution in [0.2, 0.25) is 0 Å². The first-order chi connectivity index (χ1) is 13.2. The van der Waals surface area contributed by atoms with Gasteiger partial charge in [0, 0.05) is 16.9 Å². The van der Waals surface area contributed by atoms with Crippen LogP contribution in [-0.4, -0.2) is 22.4 Å². The molecule has 2 aliphatic rings. The number of nitrogens with zero attached hydrogens (tertiary/aromatic N) is 1. The van der Waals surface area contributed by atoms with Gasteiger partial charge in [-0.3, -0.25) is 4.79 Å². The van der Waals surface area contributed by atoms with Gasteiger partial charge in [-0.1, -0.05) is 54.6 Å². The van der Waals surface area contributed by atoms with E-state index in [-0.39, 0.29) is 11.6 Å². The summed E-state index contributed by atoms with van der Waals surface area (Å²) < 4.78 is 0. The van der Waals surface area contributed by atoms with E-state index in [9.17, 15) is 4.79 Å². The van der Waals surface area contributed by atoms with Crippen molar-refractivity contribution in [1.82, 2.24) is 0 Å². The summed E-state index contributed by atoms with van der Waals surface area (Å²) >= 11 is 1.54. The van der Waals surface area contributed by atoms with E-state index in [0.29, 0.717) is 5.75 Å². The number of benzene rings is 2. The number of aryl methyl sites for hydroxylation is 1. The summed E-state index contributed by atoms with van der Waals surface area (Å²) in [5, 5.41) is 7.67. The van der Waals surface area contributed by atoms with E-state index in [4.69, 9.17) is 4.99 Å². The van der Waals surface area contributed by atoms with Crippen LogP contribution in [0.3, 0.4) is 0 Å². The lowest BCUT2D eigenvalue weighted by Gasteiger charge is -2.39. The van der Waals surface area contributed by atoms with Gasteiger partial charge in [-0.25, -0.2) is 4.99 Å². The number of thioether (sulfide) groups is 1. The van der Waals surface area contributed by atoms with Crippen molar-refractivity contribution in [2.45, 2.75) is 44.7 Å². The molecule has 0 unspecified atom stereocenters. The van der Waals surface area contributed by atoms with E-state index in [0.717, 1.165) is 40.4 Å². The summed E-state index contributed by atoms with van der Waals surface area (Å²) in [4.78, 5) is 17.6. The van der Waals surface area contributed by atoms with Crippen molar-refractivity contribution in [3.63, 3.8) is 0 Å². The molecule has 0 saturated heterocycles. The molecule has 0 atom stereocenters. The van der Waals surface area contributed by atoms with Gasteiger partial charge in [0.05, 0.1) is 5.75 Å². The Morgan fingerprint density at radius 3 is 2.67 bits per heavy atom. The van der Waals surface area contributed by atoms with Crippen LogP contribution in [0.4, 0.5) is 11.4 Å². The average molecular weight is 380 g/mol. The van der Waals surface area contributed by atoms with Gasteiger partial charge in [-0.05, 0) is 50.3 Å². The van der Waals surface area contributed by atoms with Crippen LogP contribution in [0.5, 0.6) is 0 Å². The minimum atomic E-state index is -0.193. The fourth-order valence-electron chi connectivity index (χ4n) is 3.83. The predicted molar refractivity (Wildman–Crippen MR) is 115 cm³/mol. The largest absolute Gasteiger partial charge is 0.361 e. The standard InChI is InChI=1S/C22H25N3OS/c1-16-9-3-5-11-18(16)23-20(26)15-27-21-17-10-4-6-12-19(17)24-22(25-21)13-7-2-8-14-22/h3-6,9-12,24H,2,7-8,13-15H2,1H3,(H,23,26). The first-order valence-corrected chi connectivity index (χ1v) is 10.6. The summed E-state index contributed by atoms with van der Waals surface area (Å²) in [6.07, 6.45) is 5.79. The van der Waals surface area contributed by atoms with Gasteiger partial charge in [0.2, 0.25) is 5.91 Å². The Labute approximate surface area is 164 Å². The number of hydrogen-bond donors (Lipinski definition) is 2. The Bertz CT molecular complexity index is 871. The molecule has 1 fully saturated rings. The first-order valence-electron chi connectivity index (χ1n) is 9.61. The maximum atomic E-state index is 12.5. The fourth-order valence-corrected chi connectivity index (χ4v) is 4.74. The zero-order valence-electron chi connectivity index (χ0n) is 15.6. The third-order valence-corrected chi connectivity index (χ3v) is 6.27. The molecule has 1 amide bonds. The Morgan fingerprint density at radius 1 is 1.11 bits per heavy atom. The number of hydrogen-bond acceptors (Lipinski definition) is 4. The fraction of sp³-hybridized carbons (Fsp3) is 0.364. The molecule has 2 aromatic rings. The lowest BCUT2D eigenvalue weighted by atomic mass is 9.88. The van der Waals surface area contributed by atoms with Crippen molar-refractivity contribution in [2.24, 2.45) is 4.99 Å². The third kappa shape index (κ3) is 4.03. The minimum Gasteiger partial charge on any atom is -0.361 e. The SMILES string of the molecule is Cc1ccccc1NC(=O)CSC1=NC2(CCCCC2)Nc2ccccc21. The molecule has 2 N–H and O–H groups in total. The molecule has 1 saturated carbocycles. The number of rotatable bonds is 3. The van der Waals surface area contributed by atoms with Gasteiger partial charge in [0.1, 0.15) is 10.7 Å². The summed E-state index contributed by atoms with van der Waals surface area (Å²) in [7, 11) is 0. The number of nitrogens with one attached hydrogen (secondary N) is 2. The second kappa shape index (κ2) is 7.77. The molecular formula is C22H25N3OS. The van der Waals surface area contributed by atoms with Crippen molar-refractivity contribution >= 4 is 34.1 Å². The topological polar surface area (TPSA) is 53.5 Å². The second-order valence-electron chi connectivity index (χ2n) is 7.33. The summed E-state index contributed by atoms with van der Waals surface area (Å²) in [5.74, 6) is 0.364. The minimum absolute atomic E-state index is 0.00529. The molecule has 4 nitrogen and oxygen atoms in total. The maximum absolute atomic E-state index is 12.5. The number of fused-ring (bicyclic) bond motifs is 1. The normalized spacial score (nSPS) is 17.6. The van der Waals surface area contributed by atoms with E-state index in [1.54, 1.807) is 0 Å². The van der Waals surface area contributed by atoms with Crippen molar-refractivity contribution in [3.8, 4) is 0 Å². The number of amides is 1. The van der Waals surface area contributed by atoms with Gasteiger partial charge >= 0.3 is 0 Å². The summed E-state index contributed by atoms with van der Waals surface area (Å²) in [5.41, 5.74) is 3.99. The summed E-state index contributed by atoms with van der Waals surface area (Å²) in [6, 6.07) is 16.1. The molecule has 0 aromatic heterocycles. The second-order valence-corrected chi connectivity index (χ2v) is 8.30. The van der Waals surface area contributed by atoms with Crippen LogP contribution in [-0.2, 0) is 4.79 Å². The highest BCUT2D eigenvalue weighted by atomic mass is 32.2. The van der Waals surface area contributed by atoms with Crippen molar-refractivity contribution < 1.29 is 4.79 Å². The van der Waals surface area contributed by atoms with E-state index < -0.39 is 0 Å². The Morgan fingerprint density at radius 2 is 1.85 bits per heavy atom. The zero-order valence-corrected chi connectivity index (χ0v) is 16.4. The smallest absolute Gasteiger partial charge is 0.234 e. The highest BCUT2D eigenvalue weighted by molar-refractivity contribution is 8.15. The number of para-hydroxylation sites is 2. The molecule has 5 heteroatoms. The lowest BCUT2D eigenvalue weighted by Crippen LogP contribution is -2.42. The van der Waals surface area contributed by atoms with Crippen LogP contribution in [0.25, 0.3) is 0 Å². The molecule has 27 heavy (non-hydrogen) atoms. The molecule has 0 bridgehead atoms. The van der Waals surface area contributed by atoms with Crippen molar-refractivity contribution in [1.29, 1.82) is 0 Å². The molecule has 1 heterocycles. The van der Waals surface area contributed by atoms with Crippen molar-refractivity contribution in [2.75, 3.05) is 16.4 Å². The van der Waals surface area contributed by atoms with Crippen LogP contribution < -0.4 is 10.6 Å². The molecule has 2 aromatic carbocycles. The molecule has 4 rings (SSSR count). The molecule has 0 radical (unpaired) electrons. The van der Waals surface area contributed by atoms with Crippen LogP contribution in [0.15, 0.2) is 53.5 Å². The van der Waals surface area contributed by atoms with Crippen LogP contribution >= 0.6 is 11.8 Å². The number of aliphatic imine (C=N–C) groups is 1. The number of carbonyl (C=O) groups is 1. The Hall–Kier alpha value is -2.27. The van der Waals surface area contributed by atoms with Gasteiger partial charge in [-0.2, -0.15) is 0 Å². The average Bonchev–Trinajstić information content (AvgIpc) is 2.68. The van der Waals surface area contributed by atoms with E-state index in [1.807, 2.05) is 37.3 Å². The molecule has 140 valence electrons. The van der Waals surface area contributed by atoms with Gasteiger partial charge in [-0.15, -0.1) is 0 Å². The Balaban J connectivity index is 1.50. The number of anilines is 2. The van der Waals surface area contributed by atoms with Gasteiger partial charge in [0.25, 0.3) is 0 Å². The van der Waals surface area contributed by atoms with Crippen LogP contribution in [0, 0.1) is 6.92 Å². The zero-order chi connectivity index (χ0) is 18.7. The van der Waals surface area contributed by atoms with Gasteiger partial charge < -0.3 is 10.6 Å². The lowest BCUT2D eigenvalue weighted by molar-refractivity contribution is -0.113. The van der Waals surface area contributed by atoms with Crippen molar-refractivity contribution in [3.05, 3.63) is 59.7 Å². The summed E-state index contributed by atoms with van der Waals surface area (Å²) in [6.45, 7) is 2.00. The van der Waals surface area contributed by atoms with Crippen LogP contribution in [0.1, 0.15) is 43.2 Å². The molecule has 1 spiro atoms. The first kappa shape index (κ1) is 18.1. The highest BCUT2D eigenvalue weighted by Crippen LogP contribution is 2.39. The van der Waals surface area contributed by atoms with E-state index >= 15 is 0 Å². The highest BCUT2D eigenvalue weighted by Gasteiger charge is 2.36. The predicted octanol–water partition coefficient (Wildman–Crippen LogP) is 5.20. The number of carbonyl (C=O) groups excluding carboxylic acids is 1. The Kier molecular flexibility index (Phi) is 5.21. The third-order valence-electron chi connectivity index (χ3n) is 5.28. The van der Waals surface area contributed by atoms with E-state index in [2.05, 4.69) is 28.8 Å². The quantitative estimate of drug-likeness (QED) is 0.771. The molecular weight excluding hydrogens is 354 g/mol. The maximum Gasteiger partial charge on any atom is 0.234 e. The van der Waals surface area contributed by atoms with E-state index in [1.165, 1.54) is 31.0 Å². The molecule has 1 aliphatic carbocycles.